The van der Waals surface area contributed by atoms with Crippen molar-refractivity contribution in [1.82, 2.24) is 9.97 Å². The van der Waals surface area contributed by atoms with Crippen LogP contribution in [0.4, 0.5) is 0 Å². The molecule has 1 aromatic carbocycles. The molecule has 0 spiro atoms. The summed E-state index contributed by atoms with van der Waals surface area (Å²) in [6.45, 7) is 0. The van der Waals surface area contributed by atoms with Gasteiger partial charge < -0.3 is 0 Å². The molecular weight excluding hydrogens is 263 g/mol. The van der Waals surface area contributed by atoms with Crippen LogP contribution < -0.4 is 0 Å². The maximum Gasteiger partial charge on any atom is 0.223 e. The quantitative estimate of drug-likeness (QED) is 0.478. The first-order chi connectivity index (χ1) is 7.75. The maximum absolute atomic E-state index is 6.05. The number of aromatic nitrogens is 2. The summed E-state index contributed by atoms with van der Waals surface area (Å²) in [7, 11) is 0. The smallest absolute Gasteiger partial charge is 0.223 e. The molecule has 16 heavy (non-hydrogen) atoms. The minimum Gasteiger partial charge on any atom is -0.226 e. The van der Waals surface area contributed by atoms with Gasteiger partial charge in [0.2, 0.25) is 5.28 Å². The third-order valence-corrected chi connectivity index (χ3v) is 3.46. The van der Waals surface area contributed by atoms with Crippen LogP contribution in [0, 0.1) is 0 Å². The van der Waals surface area contributed by atoms with Crippen molar-refractivity contribution in [2.45, 2.75) is 10.8 Å². The standard InChI is InChI=1S/C11H8Cl2N2S/c12-9-4-2-1-3-8(9)7-16-10-5-6-14-11(13)15-10/h1-6H,7H2. The maximum atomic E-state index is 6.05. The summed E-state index contributed by atoms with van der Waals surface area (Å²) in [4.78, 5) is 7.92. The molecular formula is C11H8Cl2N2S. The van der Waals surface area contributed by atoms with Crippen LogP contribution in [0.5, 0.6) is 0 Å². The zero-order valence-electron chi connectivity index (χ0n) is 8.23. The average molecular weight is 271 g/mol. The molecule has 0 unspecified atom stereocenters. The second-order valence-electron chi connectivity index (χ2n) is 3.04. The number of thioether (sulfide) groups is 1. The molecule has 1 aromatic heterocycles. The van der Waals surface area contributed by atoms with Gasteiger partial charge in [-0.1, -0.05) is 29.8 Å². The number of nitrogens with zero attached hydrogens (tertiary/aromatic N) is 2. The molecule has 0 N–H and O–H groups in total. The fourth-order valence-corrected chi connectivity index (χ4v) is 2.51. The normalized spacial score (nSPS) is 10.4. The molecule has 2 aromatic rings. The molecule has 2 nitrogen and oxygen atoms in total. The van der Waals surface area contributed by atoms with Crippen LogP contribution in [0.15, 0.2) is 41.6 Å². The minimum atomic E-state index is 0.268. The number of halogens is 2. The van der Waals surface area contributed by atoms with Gasteiger partial charge in [-0.25, -0.2) is 9.97 Å². The van der Waals surface area contributed by atoms with E-state index in [-0.39, 0.29) is 5.28 Å². The fraction of sp³-hybridized carbons (Fsp3) is 0.0909. The molecule has 0 bridgehead atoms. The predicted octanol–water partition coefficient (Wildman–Crippen LogP) is 4.08. The van der Waals surface area contributed by atoms with E-state index < -0.39 is 0 Å². The highest BCUT2D eigenvalue weighted by Crippen LogP contribution is 2.25. The Bertz CT molecular complexity index is 491. The van der Waals surface area contributed by atoms with Crippen molar-refractivity contribution in [3.05, 3.63) is 52.4 Å². The molecule has 0 atom stereocenters. The van der Waals surface area contributed by atoms with Crippen molar-refractivity contribution in [1.29, 1.82) is 0 Å². The summed E-state index contributed by atoms with van der Waals surface area (Å²) < 4.78 is 0. The highest BCUT2D eigenvalue weighted by Gasteiger charge is 2.02. The van der Waals surface area contributed by atoms with E-state index in [1.165, 1.54) is 0 Å². The monoisotopic (exact) mass is 270 g/mol. The lowest BCUT2D eigenvalue weighted by Crippen LogP contribution is -1.86. The van der Waals surface area contributed by atoms with E-state index in [2.05, 4.69) is 9.97 Å². The van der Waals surface area contributed by atoms with Crippen molar-refractivity contribution >= 4 is 35.0 Å². The third-order valence-electron chi connectivity index (χ3n) is 1.93. The van der Waals surface area contributed by atoms with Crippen molar-refractivity contribution in [2.75, 3.05) is 0 Å². The molecule has 0 saturated carbocycles. The van der Waals surface area contributed by atoms with Crippen molar-refractivity contribution in [2.24, 2.45) is 0 Å². The Labute approximate surface area is 108 Å². The van der Waals surface area contributed by atoms with Gasteiger partial charge in [0.25, 0.3) is 0 Å². The summed E-state index contributed by atoms with van der Waals surface area (Å²) >= 11 is 13.3. The minimum absolute atomic E-state index is 0.268. The van der Waals surface area contributed by atoms with Gasteiger partial charge in [0.1, 0.15) is 5.03 Å². The van der Waals surface area contributed by atoms with E-state index in [0.717, 1.165) is 21.4 Å². The van der Waals surface area contributed by atoms with E-state index in [9.17, 15) is 0 Å². The molecule has 0 saturated heterocycles. The lowest BCUT2D eigenvalue weighted by molar-refractivity contribution is 1.05. The predicted molar refractivity (Wildman–Crippen MR) is 68.1 cm³/mol. The summed E-state index contributed by atoms with van der Waals surface area (Å²) in [6.07, 6.45) is 1.64. The lowest BCUT2D eigenvalue weighted by atomic mass is 10.2. The van der Waals surface area contributed by atoms with E-state index in [4.69, 9.17) is 23.2 Å². The first kappa shape index (κ1) is 11.7. The first-order valence-electron chi connectivity index (χ1n) is 4.60. The van der Waals surface area contributed by atoms with Crippen molar-refractivity contribution in [3.63, 3.8) is 0 Å². The molecule has 0 aliphatic carbocycles. The van der Waals surface area contributed by atoms with Gasteiger partial charge in [-0.3, -0.25) is 0 Å². The van der Waals surface area contributed by atoms with E-state index >= 15 is 0 Å². The molecule has 0 radical (unpaired) electrons. The highest BCUT2D eigenvalue weighted by atomic mass is 35.5. The number of hydrogen-bond acceptors (Lipinski definition) is 3. The van der Waals surface area contributed by atoms with Crippen LogP contribution in [0.2, 0.25) is 10.3 Å². The third kappa shape index (κ3) is 3.11. The van der Waals surface area contributed by atoms with Crippen LogP contribution >= 0.6 is 35.0 Å². The summed E-state index contributed by atoms with van der Waals surface area (Å²) in [5, 5.41) is 1.89. The molecule has 0 fully saturated rings. The molecule has 0 amide bonds. The van der Waals surface area contributed by atoms with Crippen LogP contribution in [-0.2, 0) is 5.75 Å². The first-order valence-corrected chi connectivity index (χ1v) is 6.34. The number of rotatable bonds is 3. The molecule has 1 heterocycles. The van der Waals surface area contributed by atoms with Crippen LogP contribution in [0.3, 0.4) is 0 Å². The molecule has 2 rings (SSSR count). The zero-order chi connectivity index (χ0) is 11.4. The Hall–Kier alpha value is -0.770. The SMILES string of the molecule is Clc1nccc(SCc2ccccc2Cl)n1. The summed E-state index contributed by atoms with van der Waals surface area (Å²) in [5.74, 6) is 0.771. The van der Waals surface area contributed by atoms with E-state index in [1.54, 1.807) is 18.0 Å². The van der Waals surface area contributed by atoms with Gasteiger partial charge >= 0.3 is 0 Å². The highest BCUT2D eigenvalue weighted by molar-refractivity contribution is 7.98. The molecule has 0 aliphatic heterocycles. The second-order valence-corrected chi connectivity index (χ2v) is 4.78. The zero-order valence-corrected chi connectivity index (χ0v) is 10.6. The number of benzene rings is 1. The van der Waals surface area contributed by atoms with E-state index in [1.807, 2.05) is 30.3 Å². The number of hydrogen-bond donors (Lipinski definition) is 0. The Balaban J connectivity index is 2.05. The Kier molecular flexibility index (Phi) is 4.04. The van der Waals surface area contributed by atoms with Gasteiger partial charge in [-0.05, 0) is 29.3 Å². The van der Waals surface area contributed by atoms with Gasteiger partial charge in [-0.2, -0.15) is 0 Å². The van der Waals surface area contributed by atoms with Crippen LogP contribution in [-0.4, -0.2) is 9.97 Å². The lowest BCUT2D eigenvalue weighted by Gasteiger charge is -2.03. The Morgan fingerprint density at radius 1 is 1.12 bits per heavy atom. The van der Waals surface area contributed by atoms with Gasteiger partial charge in [0.15, 0.2) is 0 Å². The summed E-state index contributed by atoms with van der Waals surface area (Å²) in [6, 6.07) is 9.59. The van der Waals surface area contributed by atoms with Crippen LogP contribution in [0.1, 0.15) is 5.56 Å². The second kappa shape index (κ2) is 5.53. The van der Waals surface area contributed by atoms with Crippen LogP contribution in [0.25, 0.3) is 0 Å². The Morgan fingerprint density at radius 3 is 2.69 bits per heavy atom. The van der Waals surface area contributed by atoms with Gasteiger partial charge in [-0.15, -0.1) is 11.8 Å². The van der Waals surface area contributed by atoms with E-state index in [0.29, 0.717) is 0 Å². The van der Waals surface area contributed by atoms with Gasteiger partial charge in [0.05, 0.1) is 0 Å². The Morgan fingerprint density at radius 2 is 1.94 bits per heavy atom. The van der Waals surface area contributed by atoms with Crippen molar-refractivity contribution in [3.8, 4) is 0 Å². The van der Waals surface area contributed by atoms with Gasteiger partial charge in [0, 0.05) is 17.0 Å². The molecule has 0 aliphatic rings. The summed E-state index contributed by atoms with van der Waals surface area (Å²) in [5.41, 5.74) is 1.09. The molecule has 5 heteroatoms. The van der Waals surface area contributed by atoms with Crippen molar-refractivity contribution < 1.29 is 0 Å². The fourth-order valence-electron chi connectivity index (χ4n) is 1.17. The largest absolute Gasteiger partial charge is 0.226 e. The molecule has 82 valence electrons. The topological polar surface area (TPSA) is 25.8 Å². The average Bonchev–Trinajstić information content (AvgIpc) is 2.28.